The molecule has 152 valence electrons. The molecule has 2 aromatic rings. The second-order valence-electron chi connectivity index (χ2n) is 7.50. The summed E-state index contributed by atoms with van der Waals surface area (Å²) < 4.78 is 0. The number of hydrogen-bond acceptors (Lipinski definition) is 6. The number of imide groups is 2. The Hall–Kier alpha value is -2.84. The second kappa shape index (κ2) is 8.26. The summed E-state index contributed by atoms with van der Waals surface area (Å²) in [5, 5.41) is 1.14. The molecule has 2 fully saturated rings. The van der Waals surface area contributed by atoms with Gasteiger partial charge < -0.3 is 0 Å². The Labute approximate surface area is 169 Å². The van der Waals surface area contributed by atoms with Gasteiger partial charge in [-0.15, -0.1) is 0 Å². The van der Waals surface area contributed by atoms with Gasteiger partial charge >= 0.3 is 17.8 Å². The minimum absolute atomic E-state index is 0.174. The first-order chi connectivity index (χ1) is 14.1. The third kappa shape index (κ3) is 3.86. The summed E-state index contributed by atoms with van der Waals surface area (Å²) >= 11 is 0. The van der Waals surface area contributed by atoms with Crippen molar-refractivity contribution in [2.24, 2.45) is 0 Å². The van der Waals surface area contributed by atoms with Crippen LogP contribution in [0.3, 0.4) is 0 Å². The average molecular weight is 395 g/mol. The van der Waals surface area contributed by atoms with Gasteiger partial charge in [-0.2, -0.15) is 0 Å². The second-order valence-corrected chi connectivity index (χ2v) is 7.50. The van der Waals surface area contributed by atoms with Crippen molar-refractivity contribution in [2.75, 3.05) is 39.4 Å². The van der Waals surface area contributed by atoms with E-state index in [0.717, 1.165) is 53.4 Å². The lowest BCUT2D eigenvalue weighted by atomic mass is 10.1. The molecule has 2 aliphatic heterocycles. The number of benzene rings is 1. The van der Waals surface area contributed by atoms with Crippen LogP contribution in [-0.4, -0.2) is 81.8 Å². The maximum Gasteiger partial charge on any atom is 0.335 e. The van der Waals surface area contributed by atoms with Gasteiger partial charge in [0.15, 0.2) is 0 Å². The molecule has 0 atom stereocenters. The van der Waals surface area contributed by atoms with Crippen LogP contribution < -0.4 is 0 Å². The number of carbonyl (C=O) groups is 3. The van der Waals surface area contributed by atoms with E-state index in [2.05, 4.69) is 39.0 Å². The highest BCUT2D eigenvalue weighted by Gasteiger charge is 2.44. The van der Waals surface area contributed by atoms with Crippen LogP contribution in [0.2, 0.25) is 0 Å². The van der Waals surface area contributed by atoms with Crippen molar-refractivity contribution in [1.82, 2.24) is 24.6 Å². The maximum absolute atomic E-state index is 12.4. The van der Waals surface area contributed by atoms with Crippen molar-refractivity contribution in [1.29, 1.82) is 0 Å². The van der Waals surface area contributed by atoms with Crippen LogP contribution >= 0.6 is 0 Å². The van der Waals surface area contributed by atoms with Crippen LogP contribution in [0.15, 0.2) is 36.5 Å². The van der Waals surface area contributed by atoms with E-state index in [1.807, 2.05) is 19.2 Å². The molecule has 1 aromatic heterocycles. The van der Waals surface area contributed by atoms with Crippen molar-refractivity contribution >= 4 is 28.7 Å². The highest BCUT2D eigenvalue weighted by atomic mass is 16.2. The average Bonchev–Trinajstić information content (AvgIpc) is 2.94. The molecule has 29 heavy (non-hydrogen) atoms. The van der Waals surface area contributed by atoms with E-state index < -0.39 is 17.8 Å². The van der Waals surface area contributed by atoms with E-state index in [1.165, 1.54) is 5.56 Å². The van der Waals surface area contributed by atoms with Crippen LogP contribution in [0.4, 0.5) is 4.79 Å². The molecular weight excluding hydrogens is 370 g/mol. The molecule has 8 heteroatoms. The number of rotatable bonds is 6. The Balaban J connectivity index is 1.35. The number of hydrogen-bond donors (Lipinski definition) is 0. The predicted octanol–water partition coefficient (Wildman–Crippen LogP) is 1.51. The Bertz CT molecular complexity index is 934. The number of nitrogens with zero attached hydrogens (tertiary/aromatic N) is 5. The first-order valence-electron chi connectivity index (χ1n) is 10.0. The SMILES string of the molecule is CCCN1C(=O)C(=O)N(CN2CCN(Cc3cccc4cccnc34)CC2)C1=O. The molecule has 3 heterocycles. The van der Waals surface area contributed by atoms with Gasteiger partial charge in [-0.1, -0.05) is 31.2 Å². The lowest BCUT2D eigenvalue weighted by Crippen LogP contribution is -2.51. The summed E-state index contributed by atoms with van der Waals surface area (Å²) in [6.45, 7) is 6.26. The molecule has 8 nitrogen and oxygen atoms in total. The molecule has 4 amide bonds. The molecule has 1 aromatic carbocycles. The van der Waals surface area contributed by atoms with Gasteiger partial charge in [0, 0.05) is 50.9 Å². The highest BCUT2D eigenvalue weighted by molar-refractivity contribution is 6.44. The van der Waals surface area contributed by atoms with Gasteiger partial charge in [0.2, 0.25) is 0 Å². The smallest absolute Gasteiger partial charge is 0.296 e. The predicted molar refractivity (Wildman–Crippen MR) is 108 cm³/mol. The number of para-hydroxylation sites is 1. The molecule has 2 aliphatic rings. The van der Waals surface area contributed by atoms with Crippen molar-refractivity contribution in [3.8, 4) is 0 Å². The van der Waals surface area contributed by atoms with Crippen molar-refractivity contribution in [2.45, 2.75) is 19.9 Å². The summed E-state index contributed by atoms with van der Waals surface area (Å²) in [6.07, 6.45) is 2.46. The fourth-order valence-corrected chi connectivity index (χ4v) is 3.92. The first kappa shape index (κ1) is 19.5. The van der Waals surface area contributed by atoms with E-state index >= 15 is 0 Å². The summed E-state index contributed by atoms with van der Waals surface area (Å²) in [7, 11) is 0. The number of fused-ring (bicyclic) bond motifs is 1. The lowest BCUT2D eigenvalue weighted by Gasteiger charge is -2.36. The first-order valence-corrected chi connectivity index (χ1v) is 10.0. The third-order valence-electron chi connectivity index (χ3n) is 5.50. The van der Waals surface area contributed by atoms with E-state index in [-0.39, 0.29) is 13.2 Å². The van der Waals surface area contributed by atoms with Crippen molar-refractivity contribution in [3.05, 3.63) is 42.1 Å². The summed E-state index contributed by atoms with van der Waals surface area (Å²) in [4.78, 5) is 47.6. The normalized spacial score (nSPS) is 19.0. The molecule has 0 N–H and O–H groups in total. The quantitative estimate of drug-likeness (QED) is 0.545. The van der Waals surface area contributed by atoms with Crippen molar-refractivity contribution < 1.29 is 14.4 Å². The van der Waals surface area contributed by atoms with E-state index in [4.69, 9.17) is 0 Å². The minimum atomic E-state index is -0.715. The summed E-state index contributed by atoms with van der Waals surface area (Å²) in [5.74, 6) is -1.42. The monoisotopic (exact) mass is 395 g/mol. The molecular formula is C21H25N5O3. The molecule has 0 radical (unpaired) electrons. The fraction of sp³-hybridized carbons (Fsp3) is 0.429. The van der Waals surface area contributed by atoms with Gasteiger partial charge in [0.05, 0.1) is 12.2 Å². The van der Waals surface area contributed by atoms with Crippen LogP contribution in [0.5, 0.6) is 0 Å². The number of aromatic nitrogens is 1. The van der Waals surface area contributed by atoms with Crippen LogP contribution in [0.25, 0.3) is 10.9 Å². The van der Waals surface area contributed by atoms with Crippen LogP contribution in [-0.2, 0) is 16.1 Å². The van der Waals surface area contributed by atoms with Gasteiger partial charge in [-0.25, -0.2) is 9.69 Å². The third-order valence-corrected chi connectivity index (χ3v) is 5.50. The number of urea groups is 1. The Morgan fingerprint density at radius 3 is 2.34 bits per heavy atom. The molecule has 4 rings (SSSR count). The zero-order chi connectivity index (χ0) is 20.4. The van der Waals surface area contributed by atoms with Gasteiger partial charge in [0.25, 0.3) is 0 Å². The van der Waals surface area contributed by atoms with Crippen LogP contribution in [0.1, 0.15) is 18.9 Å². The standard InChI is InChI=1S/C21H25N5O3/c1-2-9-25-19(27)20(28)26(21(25)29)15-24-12-10-23(11-13-24)14-17-6-3-5-16-7-4-8-22-18(16)17/h3-8H,2,9-15H2,1H3. The minimum Gasteiger partial charge on any atom is -0.296 e. The Morgan fingerprint density at radius 1 is 0.897 bits per heavy atom. The van der Waals surface area contributed by atoms with E-state index in [9.17, 15) is 14.4 Å². The number of pyridine rings is 1. The van der Waals surface area contributed by atoms with Gasteiger partial charge in [-0.3, -0.25) is 29.3 Å². The molecule has 0 unspecified atom stereocenters. The summed E-state index contributed by atoms with van der Waals surface area (Å²) in [6, 6.07) is 9.74. The molecule has 0 saturated carbocycles. The largest absolute Gasteiger partial charge is 0.335 e. The van der Waals surface area contributed by atoms with E-state index in [1.54, 1.807) is 0 Å². The molecule has 0 spiro atoms. The molecule has 0 aliphatic carbocycles. The number of amides is 4. The number of carbonyl (C=O) groups excluding carboxylic acids is 3. The molecule has 2 saturated heterocycles. The van der Waals surface area contributed by atoms with Gasteiger partial charge in [-0.05, 0) is 18.1 Å². The summed E-state index contributed by atoms with van der Waals surface area (Å²) in [5.41, 5.74) is 2.22. The zero-order valence-electron chi connectivity index (χ0n) is 16.6. The highest BCUT2D eigenvalue weighted by Crippen LogP contribution is 2.19. The van der Waals surface area contributed by atoms with Gasteiger partial charge in [0.1, 0.15) is 0 Å². The Kier molecular flexibility index (Phi) is 5.55. The Morgan fingerprint density at radius 2 is 1.59 bits per heavy atom. The maximum atomic E-state index is 12.4. The van der Waals surface area contributed by atoms with Crippen molar-refractivity contribution in [3.63, 3.8) is 0 Å². The van der Waals surface area contributed by atoms with E-state index in [0.29, 0.717) is 6.42 Å². The number of piperazine rings is 1. The van der Waals surface area contributed by atoms with Crippen LogP contribution in [0, 0.1) is 0 Å². The lowest BCUT2D eigenvalue weighted by molar-refractivity contribution is -0.144. The zero-order valence-corrected chi connectivity index (χ0v) is 16.6. The topological polar surface area (TPSA) is 77.1 Å². The molecule has 0 bridgehead atoms. The fourth-order valence-electron chi connectivity index (χ4n) is 3.92.